The van der Waals surface area contributed by atoms with Crippen LogP contribution in [-0.4, -0.2) is 24.3 Å². The van der Waals surface area contributed by atoms with E-state index in [0.717, 1.165) is 25.7 Å². The SMILES string of the molecule is C=CC(=O)OCC(C)(C)CCC(C)(C)CCCO. The van der Waals surface area contributed by atoms with E-state index in [9.17, 15) is 4.79 Å². The van der Waals surface area contributed by atoms with E-state index in [0.29, 0.717) is 6.61 Å². The normalized spacial score (nSPS) is 12.3. The van der Waals surface area contributed by atoms with Gasteiger partial charge in [-0.25, -0.2) is 4.79 Å². The first kappa shape index (κ1) is 17.2. The number of aliphatic hydroxyl groups is 1. The molecule has 0 amide bonds. The summed E-state index contributed by atoms with van der Waals surface area (Å²) in [4.78, 5) is 11.0. The number of ether oxygens (including phenoxy) is 1. The molecule has 0 rings (SSSR count). The van der Waals surface area contributed by atoms with Gasteiger partial charge in [0.15, 0.2) is 0 Å². The fourth-order valence-corrected chi connectivity index (χ4v) is 1.76. The van der Waals surface area contributed by atoms with Crippen LogP contribution in [0.3, 0.4) is 0 Å². The Hall–Kier alpha value is -0.830. The molecule has 0 aromatic heterocycles. The topological polar surface area (TPSA) is 46.5 Å². The first-order valence-corrected chi connectivity index (χ1v) is 6.62. The minimum Gasteiger partial charge on any atom is -0.462 e. The number of hydrogen-bond acceptors (Lipinski definition) is 3. The van der Waals surface area contributed by atoms with E-state index in [4.69, 9.17) is 9.84 Å². The summed E-state index contributed by atoms with van der Waals surface area (Å²) < 4.78 is 5.11. The predicted molar refractivity (Wildman–Crippen MR) is 74.3 cm³/mol. The highest BCUT2D eigenvalue weighted by atomic mass is 16.5. The maximum Gasteiger partial charge on any atom is 0.330 e. The molecule has 3 nitrogen and oxygen atoms in total. The van der Waals surface area contributed by atoms with Gasteiger partial charge in [0.2, 0.25) is 0 Å². The molecule has 0 aliphatic carbocycles. The molecule has 0 fully saturated rings. The Kier molecular flexibility index (Phi) is 7.22. The van der Waals surface area contributed by atoms with Gasteiger partial charge in [-0.2, -0.15) is 0 Å². The first-order chi connectivity index (χ1) is 8.22. The number of carbonyl (C=O) groups is 1. The van der Waals surface area contributed by atoms with Gasteiger partial charge in [0, 0.05) is 12.7 Å². The Morgan fingerprint density at radius 3 is 2.22 bits per heavy atom. The summed E-state index contributed by atoms with van der Waals surface area (Å²) in [6.07, 6.45) is 5.12. The van der Waals surface area contributed by atoms with Crippen molar-refractivity contribution in [1.82, 2.24) is 0 Å². The Balaban J connectivity index is 4.08. The third kappa shape index (κ3) is 8.29. The summed E-state index contributed by atoms with van der Waals surface area (Å²) in [6, 6.07) is 0. The second-order valence-electron chi connectivity index (χ2n) is 6.47. The van der Waals surface area contributed by atoms with Crippen LogP contribution in [0.25, 0.3) is 0 Å². The highest BCUT2D eigenvalue weighted by molar-refractivity contribution is 5.81. The Morgan fingerprint density at radius 1 is 1.17 bits per heavy atom. The molecule has 0 heterocycles. The third-order valence-electron chi connectivity index (χ3n) is 3.26. The van der Waals surface area contributed by atoms with Crippen LogP contribution in [0.15, 0.2) is 12.7 Å². The van der Waals surface area contributed by atoms with E-state index in [2.05, 4.69) is 34.3 Å². The summed E-state index contributed by atoms with van der Waals surface area (Å²) in [5.41, 5.74) is 0.206. The van der Waals surface area contributed by atoms with Crippen molar-refractivity contribution in [3.8, 4) is 0 Å². The van der Waals surface area contributed by atoms with E-state index < -0.39 is 0 Å². The van der Waals surface area contributed by atoms with Gasteiger partial charge in [0.25, 0.3) is 0 Å². The molecule has 3 heteroatoms. The van der Waals surface area contributed by atoms with Crippen LogP contribution in [0.2, 0.25) is 0 Å². The summed E-state index contributed by atoms with van der Waals surface area (Å²) in [6.45, 7) is 12.7. The fourth-order valence-electron chi connectivity index (χ4n) is 1.76. The lowest BCUT2D eigenvalue weighted by molar-refractivity contribution is -0.140. The van der Waals surface area contributed by atoms with Crippen LogP contribution >= 0.6 is 0 Å². The molecule has 0 unspecified atom stereocenters. The number of aliphatic hydroxyl groups excluding tert-OH is 1. The largest absolute Gasteiger partial charge is 0.462 e. The average molecular weight is 256 g/mol. The van der Waals surface area contributed by atoms with Crippen molar-refractivity contribution in [1.29, 1.82) is 0 Å². The van der Waals surface area contributed by atoms with Crippen molar-refractivity contribution >= 4 is 5.97 Å². The molecule has 0 aromatic rings. The molecular formula is C15H28O3. The lowest BCUT2D eigenvalue weighted by Gasteiger charge is -2.30. The van der Waals surface area contributed by atoms with Gasteiger partial charge in [0.1, 0.15) is 0 Å². The van der Waals surface area contributed by atoms with E-state index in [1.807, 2.05) is 0 Å². The van der Waals surface area contributed by atoms with Gasteiger partial charge in [-0.15, -0.1) is 0 Å². The lowest BCUT2D eigenvalue weighted by atomic mass is 9.77. The number of carbonyl (C=O) groups excluding carboxylic acids is 1. The minimum absolute atomic E-state index is 0.0187. The number of esters is 1. The molecule has 0 bridgehead atoms. The highest BCUT2D eigenvalue weighted by Gasteiger charge is 2.25. The zero-order valence-electron chi connectivity index (χ0n) is 12.3. The van der Waals surface area contributed by atoms with Crippen molar-refractivity contribution in [3.63, 3.8) is 0 Å². The van der Waals surface area contributed by atoms with Gasteiger partial charge in [-0.1, -0.05) is 34.3 Å². The van der Waals surface area contributed by atoms with E-state index in [1.165, 1.54) is 6.08 Å². The zero-order valence-corrected chi connectivity index (χ0v) is 12.3. The molecule has 106 valence electrons. The van der Waals surface area contributed by atoms with Gasteiger partial charge < -0.3 is 9.84 Å². The second kappa shape index (κ2) is 7.57. The maximum absolute atomic E-state index is 11.0. The summed E-state index contributed by atoms with van der Waals surface area (Å²) >= 11 is 0. The molecule has 0 saturated heterocycles. The van der Waals surface area contributed by atoms with Gasteiger partial charge >= 0.3 is 5.97 Å². The van der Waals surface area contributed by atoms with Crippen LogP contribution < -0.4 is 0 Å². The fraction of sp³-hybridized carbons (Fsp3) is 0.800. The van der Waals surface area contributed by atoms with Crippen molar-refractivity contribution in [3.05, 3.63) is 12.7 Å². The molecule has 0 aromatic carbocycles. The first-order valence-electron chi connectivity index (χ1n) is 6.62. The quantitative estimate of drug-likeness (QED) is 0.508. The van der Waals surface area contributed by atoms with Crippen LogP contribution in [0.1, 0.15) is 53.4 Å². The van der Waals surface area contributed by atoms with Crippen molar-refractivity contribution < 1.29 is 14.6 Å². The van der Waals surface area contributed by atoms with Crippen molar-refractivity contribution in [2.75, 3.05) is 13.2 Å². The molecule has 0 radical (unpaired) electrons. The molecular weight excluding hydrogens is 228 g/mol. The molecule has 0 saturated carbocycles. The van der Waals surface area contributed by atoms with Crippen molar-refractivity contribution in [2.45, 2.75) is 53.4 Å². The van der Waals surface area contributed by atoms with Crippen LogP contribution in [-0.2, 0) is 9.53 Å². The van der Waals surface area contributed by atoms with Crippen LogP contribution in [0.5, 0.6) is 0 Å². The van der Waals surface area contributed by atoms with Gasteiger partial charge in [-0.05, 0) is 36.5 Å². The Morgan fingerprint density at radius 2 is 1.72 bits per heavy atom. The number of hydrogen-bond donors (Lipinski definition) is 1. The summed E-state index contributed by atoms with van der Waals surface area (Å²) in [5, 5.41) is 8.86. The highest BCUT2D eigenvalue weighted by Crippen LogP contribution is 2.34. The third-order valence-corrected chi connectivity index (χ3v) is 3.26. The van der Waals surface area contributed by atoms with Crippen LogP contribution in [0.4, 0.5) is 0 Å². The smallest absolute Gasteiger partial charge is 0.330 e. The van der Waals surface area contributed by atoms with E-state index in [1.54, 1.807) is 0 Å². The molecule has 1 N–H and O–H groups in total. The molecule has 0 aliphatic rings. The molecule has 0 atom stereocenters. The number of rotatable bonds is 9. The standard InChI is InChI=1S/C15H28O3/c1-6-13(17)18-12-15(4,5)10-9-14(2,3)8-7-11-16/h6,16H,1,7-12H2,2-5H3. The van der Waals surface area contributed by atoms with Crippen LogP contribution in [0, 0.1) is 10.8 Å². The Bertz CT molecular complexity index is 267. The lowest BCUT2D eigenvalue weighted by Crippen LogP contribution is -2.24. The van der Waals surface area contributed by atoms with Gasteiger partial charge in [0.05, 0.1) is 6.61 Å². The second-order valence-corrected chi connectivity index (χ2v) is 6.47. The molecule has 0 spiro atoms. The molecule has 0 aliphatic heterocycles. The zero-order chi connectivity index (χ0) is 14.2. The minimum atomic E-state index is -0.359. The Labute approximate surface area is 111 Å². The van der Waals surface area contributed by atoms with E-state index in [-0.39, 0.29) is 23.4 Å². The monoisotopic (exact) mass is 256 g/mol. The summed E-state index contributed by atoms with van der Waals surface area (Å²) in [7, 11) is 0. The average Bonchev–Trinajstić information content (AvgIpc) is 2.31. The van der Waals surface area contributed by atoms with Gasteiger partial charge in [-0.3, -0.25) is 0 Å². The van der Waals surface area contributed by atoms with E-state index >= 15 is 0 Å². The predicted octanol–water partition coefficient (Wildman–Crippen LogP) is 3.32. The van der Waals surface area contributed by atoms with Crippen molar-refractivity contribution in [2.24, 2.45) is 10.8 Å². The molecule has 18 heavy (non-hydrogen) atoms. The summed E-state index contributed by atoms with van der Waals surface area (Å²) in [5.74, 6) is -0.359. The maximum atomic E-state index is 11.0.